The highest BCUT2D eigenvalue weighted by Gasteiger charge is 2.56. The van der Waals surface area contributed by atoms with Crippen molar-refractivity contribution in [2.75, 3.05) is 20.6 Å². The van der Waals surface area contributed by atoms with Crippen molar-refractivity contribution in [2.45, 2.75) is 32.4 Å². The molecule has 4 rings (SSSR count). The molecule has 1 saturated heterocycles. The number of rotatable bonds is 7. The minimum absolute atomic E-state index is 0.206. The Morgan fingerprint density at radius 3 is 2.58 bits per heavy atom. The fourth-order valence-electron chi connectivity index (χ4n) is 5.69. The number of imide groups is 1. The second-order valence-corrected chi connectivity index (χ2v) is 10.1. The molecule has 3 aliphatic rings. The molecule has 0 spiro atoms. The van der Waals surface area contributed by atoms with Crippen LogP contribution < -0.4 is 17.0 Å². The number of amides is 3. The number of fused-ring (bicyclic) bond motifs is 1. The molecule has 1 fully saturated rings. The van der Waals surface area contributed by atoms with Gasteiger partial charge in [-0.3, -0.25) is 15.1 Å². The molecular weight excluding hydrogens is 509 g/mol. The van der Waals surface area contributed by atoms with E-state index >= 15 is 0 Å². The van der Waals surface area contributed by atoms with E-state index in [1.54, 1.807) is 20.2 Å². The molecule has 3 amide bonds. The molecule has 2 unspecified atom stereocenters. The van der Waals surface area contributed by atoms with E-state index in [1.807, 2.05) is 61.3 Å². The summed E-state index contributed by atoms with van der Waals surface area (Å²) < 4.78 is 14.0. The summed E-state index contributed by atoms with van der Waals surface area (Å²) in [6.45, 7) is 8.66. The predicted molar refractivity (Wildman–Crippen MR) is 155 cm³/mol. The number of benzene rings is 1. The van der Waals surface area contributed by atoms with Gasteiger partial charge in [-0.2, -0.15) is 5.10 Å². The number of nitrogens with one attached hydrogen (secondary N) is 1. The van der Waals surface area contributed by atoms with Crippen LogP contribution in [0.1, 0.15) is 31.4 Å². The van der Waals surface area contributed by atoms with Crippen molar-refractivity contribution < 1.29 is 14.0 Å². The van der Waals surface area contributed by atoms with E-state index in [9.17, 15) is 14.0 Å². The topological polar surface area (TPSA) is 120 Å². The van der Waals surface area contributed by atoms with Crippen LogP contribution in [0, 0.1) is 11.7 Å². The summed E-state index contributed by atoms with van der Waals surface area (Å²) in [7, 11) is 3.30. The van der Waals surface area contributed by atoms with Crippen LogP contribution in [0.3, 0.4) is 0 Å². The first-order valence-corrected chi connectivity index (χ1v) is 13.1. The molecule has 0 aromatic heterocycles. The van der Waals surface area contributed by atoms with E-state index in [0.29, 0.717) is 30.1 Å². The number of hydrazine groups is 1. The maximum Gasteiger partial charge on any atom is 0.324 e. The van der Waals surface area contributed by atoms with Gasteiger partial charge in [0.1, 0.15) is 11.4 Å². The average Bonchev–Trinajstić information content (AvgIpc) is 3.34. The summed E-state index contributed by atoms with van der Waals surface area (Å²) in [4.78, 5) is 29.7. The minimum Gasteiger partial charge on any atom is -0.364 e. The summed E-state index contributed by atoms with van der Waals surface area (Å²) in [5, 5.41) is 7.76. The number of carbonyl (C=O) groups excluding carboxylic acids is 2. The standard InChI is InChI=1S/C30H36FN7O2/c1-6-8-24(25(9-7-2)27(35-32)37(5)33)20-10-13-22(14-11-20)30(28(39)34-29(40)36(30)4)18-38-17-21-12-15-23(31)16-26(21)19(38)3/h6-13,15-16,22H,3,14,17-18,32-33H2,1-2,4-5H3,(H,34,39,40)/b8-6-,9-7-,25-24-,35-27-. The maximum atomic E-state index is 14.0. The summed E-state index contributed by atoms with van der Waals surface area (Å²) >= 11 is 0. The number of amidine groups is 1. The number of hydrazone groups is 1. The van der Waals surface area contributed by atoms with Crippen LogP contribution in [0.4, 0.5) is 9.18 Å². The van der Waals surface area contributed by atoms with Crippen molar-refractivity contribution >= 4 is 23.5 Å². The van der Waals surface area contributed by atoms with Gasteiger partial charge in [0.2, 0.25) is 0 Å². The quantitative estimate of drug-likeness (QED) is 0.120. The first kappa shape index (κ1) is 28.6. The zero-order chi connectivity index (χ0) is 29.2. The Labute approximate surface area is 234 Å². The molecule has 10 heteroatoms. The third kappa shape index (κ3) is 4.86. The lowest BCUT2D eigenvalue weighted by Gasteiger charge is -2.42. The van der Waals surface area contributed by atoms with Crippen LogP contribution in [0.25, 0.3) is 5.70 Å². The van der Waals surface area contributed by atoms with Gasteiger partial charge in [-0.15, -0.1) is 0 Å². The van der Waals surface area contributed by atoms with E-state index < -0.39 is 11.6 Å². The largest absolute Gasteiger partial charge is 0.364 e. The van der Waals surface area contributed by atoms with Crippen molar-refractivity contribution in [2.24, 2.45) is 22.7 Å². The Balaban J connectivity index is 1.71. The summed E-state index contributed by atoms with van der Waals surface area (Å²) in [5.41, 5.74) is 3.56. The number of halogens is 1. The Kier molecular flexibility index (Phi) is 8.11. The highest BCUT2D eigenvalue weighted by molar-refractivity contribution is 6.07. The highest BCUT2D eigenvalue weighted by Crippen LogP contribution is 2.41. The highest BCUT2D eigenvalue weighted by atomic mass is 19.1. The van der Waals surface area contributed by atoms with Crippen LogP contribution >= 0.6 is 0 Å². The fourth-order valence-corrected chi connectivity index (χ4v) is 5.69. The lowest BCUT2D eigenvalue weighted by Crippen LogP contribution is -2.59. The lowest BCUT2D eigenvalue weighted by atomic mass is 9.76. The minimum atomic E-state index is -1.20. The van der Waals surface area contributed by atoms with E-state index in [0.717, 1.165) is 22.3 Å². The molecule has 210 valence electrons. The van der Waals surface area contributed by atoms with Gasteiger partial charge in [0, 0.05) is 43.4 Å². The lowest BCUT2D eigenvalue weighted by molar-refractivity contribution is -0.128. The van der Waals surface area contributed by atoms with E-state index in [-0.39, 0.29) is 24.2 Å². The zero-order valence-electron chi connectivity index (χ0n) is 23.3. The number of carbonyl (C=O) groups is 2. The Bertz CT molecular complexity index is 1420. The molecule has 5 N–H and O–H groups in total. The van der Waals surface area contributed by atoms with E-state index in [4.69, 9.17) is 11.7 Å². The van der Waals surface area contributed by atoms with Crippen LogP contribution in [-0.2, 0) is 11.3 Å². The number of nitrogens with two attached hydrogens (primary N) is 2. The van der Waals surface area contributed by atoms with Crippen molar-refractivity contribution in [3.05, 3.63) is 101 Å². The van der Waals surface area contributed by atoms with Gasteiger partial charge in [0.25, 0.3) is 5.91 Å². The van der Waals surface area contributed by atoms with Crippen molar-refractivity contribution in [1.29, 1.82) is 0 Å². The van der Waals surface area contributed by atoms with Gasteiger partial charge in [-0.05, 0) is 49.1 Å². The predicted octanol–water partition coefficient (Wildman–Crippen LogP) is 3.56. The second kappa shape index (κ2) is 11.4. The summed E-state index contributed by atoms with van der Waals surface area (Å²) in [6.07, 6.45) is 14.1. The van der Waals surface area contributed by atoms with Gasteiger partial charge in [-0.1, -0.05) is 55.2 Å². The molecule has 2 atom stereocenters. The van der Waals surface area contributed by atoms with Gasteiger partial charge in [0.05, 0.1) is 6.54 Å². The summed E-state index contributed by atoms with van der Waals surface area (Å²) in [5.74, 6) is 11.1. The Hall–Kier alpha value is -4.44. The molecule has 2 aliphatic heterocycles. The Morgan fingerprint density at radius 1 is 1.30 bits per heavy atom. The molecule has 40 heavy (non-hydrogen) atoms. The number of allylic oxidation sites excluding steroid dienone is 7. The molecule has 1 aliphatic carbocycles. The maximum absolute atomic E-state index is 14.0. The molecule has 0 radical (unpaired) electrons. The fraction of sp³-hybridized carbons (Fsp3) is 0.300. The molecule has 9 nitrogen and oxygen atoms in total. The van der Waals surface area contributed by atoms with E-state index in [2.05, 4.69) is 17.0 Å². The Morgan fingerprint density at radius 2 is 2.02 bits per heavy atom. The van der Waals surface area contributed by atoms with Gasteiger partial charge in [-0.25, -0.2) is 15.0 Å². The summed E-state index contributed by atoms with van der Waals surface area (Å²) in [6, 6.07) is 4.15. The second-order valence-electron chi connectivity index (χ2n) is 10.1. The third-order valence-corrected chi connectivity index (χ3v) is 7.75. The smallest absolute Gasteiger partial charge is 0.324 e. The van der Waals surface area contributed by atoms with Gasteiger partial charge < -0.3 is 15.6 Å². The molecule has 0 saturated carbocycles. The first-order valence-electron chi connectivity index (χ1n) is 13.1. The van der Waals surface area contributed by atoms with Crippen LogP contribution in [0.2, 0.25) is 0 Å². The van der Waals surface area contributed by atoms with Crippen molar-refractivity contribution in [3.63, 3.8) is 0 Å². The zero-order valence-corrected chi connectivity index (χ0v) is 23.3. The molecule has 0 bridgehead atoms. The molecule has 2 heterocycles. The molecular formula is C30H36FN7O2. The van der Waals surface area contributed by atoms with Crippen LogP contribution in [0.15, 0.2) is 89.1 Å². The van der Waals surface area contributed by atoms with Crippen molar-refractivity contribution in [3.8, 4) is 0 Å². The van der Waals surface area contributed by atoms with E-state index in [1.165, 1.54) is 22.0 Å². The number of hydrogen-bond donors (Lipinski definition) is 3. The average molecular weight is 546 g/mol. The van der Waals surface area contributed by atoms with Crippen molar-refractivity contribution in [1.82, 2.24) is 20.1 Å². The number of hydrogen-bond acceptors (Lipinski definition) is 6. The van der Waals surface area contributed by atoms with Gasteiger partial charge in [0.15, 0.2) is 5.84 Å². The monoisotopic (exact) mass is 545 g/mol. The molecule has 1 aromatic carbocycles. The number of urea groups is 1. The SMILES string of the molecule is C=C1c2cc(F)ccc2CN1CC1(C2C=CC(C(/C=C\C)=C(/C=C\C)C(=N\N)\N(C)N)=CC2)C(=O)NC(=O)N1C. The van der Waals surface area contributed by atoms with Crippen LogP contribution in [-0.4, -0.2) is 58.8 Å². The third-order valence-electron chi connectivity index (χ3n) is 7.75. The number of likely N-dealkylation sites (N-methyl/N-ethyl adjacent to an activating group) is 2. The molecule has 1 aromatic rings. The van der Waals surface area contributed by atoms with Crippen LogP contribution in [0.5, 0.6) is 0 Å². The van der Waals surface area contributed by atoms with Gasteiger partial charge >= 0.3 is 6.03 Å². The number of nitrogens with zero attached hydrogens (tertiary/aromatic N) is 4. The normalized spacial score (nSPS) is 23.8. The first-order chi connectivity index (χ1) is 19.1.